The highest BCUT2D eigenvalue weighted by Crippen LogP contribution is 2.36. The van der Waals surface area contributed by atoms with Gasteiger partial charge in [-0.1, -0.05) is 69.5 Å². The monoisotopic (exact) mass is 393 g/mol. The van der Waals surface area contributed by atoms with Crippen molar-refractivity contribution in [3.8, 4) is 11.3 Å². The summed E-state index contributed by atoms with van der Waals surface area (Å²) in [4.78, 5) is 15.4. The minimum atomic E-state index is -0.449. The standard InChI is InChI=1S/C17H10BrCl2NO/c18-14(9-22)12-8-16(10-4-2-1-3-5-10)21-17-13(12)6-11(19)7-15(17)20/h1-9,14H. The second-order valence-electron chi connectivity index (χ2n) is 4.78. The minimum absolute atomic E-state index is 0.449. The van der Waals surface area contributed by atoms with Crippen LogP contribution >= 0.6 is 39.1 Å². The van der Waals surface area contributed by atoms with Gasteiger partial charge in [0.2, 0.25) is 0 Å². The van der Waals surface area contributed by atoms with Gasteiger partial charge in [-0.25, -0.2) is 4.98 Å². The quantitative estimate of drug-likeness (QED) is 0.412. The molecule has 22 heavy (non-hydrogen) atoms. The molecule has 0 saturated heterocycles. The summed E-state index contributed by atoms with van der Waals surface area (Å²) >= 11 is 15.8. The fourth-order valence-electron chi connectivity index (χ4n) is 2.34. The number of halogens is 3. The highest BCUT2D eigenvalue weighted by molar-refractivity contribution is 9.09. The average Bonchev–Trinajstić information content (AvgIpc) is 2.54. The van der Waals surface area contributed by atoms with E-state index in [4.69, 9.17) is 23.2 Å². The lowest BCUT2D eigenvalue weighted by Crippen LogP contribution is -1.97. The van der Waals surface area contributed by atoms with Gasteiger partial charge in [-0.15, -0.1) is 0 Å². The summed E-state index contributed by atoms with van der Waals surface area (Å²) in [6, 6.07) is 15.1. The molecule has 0 fully saturated rings. The Bertz CT molecular complexity index is 852. The van der Waals surface area contributed by atoms with E-state index in [9.17, 15) is 4.79 Å². The van der Waals surface area contributed by atoms with Crippen LogP contribution in [0.25, 0.3) is 22.2 Å². The third-order valence-electron chi connectivity index (χ3n) is 3.35. The van der Waals surface area contributed by atoms with Gasteiger partial charge in [0, 0.05) is 16.0 Å². The molecule has 1 heterocycles. The molecule has 0 amide bonds. The van der Waals surface area contributed by atoms with Crippen LogP contribution in [0.2, 0.25) is 10.0 Å². The van der Waals surface area contributed by atoms with Gasteiger partial charge in [-0.3, -0.25) is 0 Å². The zero-order valence-electron chi connectivity index (χ0n) is 11.3. The van der Waals surface area contributed by atoms with E-state index >= 15 is 0 Å². The molecule has 5 heteroatoms. The fourth-order valence-corrected chi connectivity index (χ4v) is 3.25. The topological polar surface area (TPSA) is 30.0 Å². The maximum atomic E-state index is 11.2. The van der Waals surface area contributed by atoms with Gasteiger partial charge in [0.1, 0.15) is 6.29 Å². The second-order valence-corrected chi connectivity index (χ2v) is 6.61. The van der Waals surface area contributed by atoms with Gasteiger partial charge < -0.3 is 4.79 Å². The number of pyridine rings is 1. The predicted molar refractivity (Wildman–Crippen MR) is 94.9 cm³/mol. The van der Waals surface area contributed by atoms with Crippen LogP contribution in [0.3, 0.4) is 0 Å². The summed E-state index contributed by atoms with van der Waals surface area (Å²) < 4.78 is 0. The van der Waals surface area contributed by atoms with E-state index in [1.54, 1.807) is 12.1 Å². The molecule has 0 spiro atoms. The Morgan fingerprint density at radius 1 is 1.09 bits per heavy atom. The van der Waals surface area contributed by atoms with Crippen molar-refractivity contribution in [1.82, 2.24) is 4.98 Å². The number of benzene rings is 2. The Morgan fingerprint density at radius 2 is 1.82 bits per heavy atom. The number of hydrogen-bond acceptors (Lipinski definition) is 2. The molecule has 2 nitrogen and oxygen atoms in total. The summed E-state index contributed by atoms with van der Waals surface area (Å²) in [6.45, 7) is 0. The number of hydrogen-bond donors (Lipinski definition) is 0. The van der Waals surface area contributed by atoms with Gasteiger partial charge >= 0.3 is 0 Å². The number of aromatic nitrogens is 1. The van der Waals surface area contributed by atoms with Crippen LogP contribution < -0.4 is 0 Å². The molecular formula is C17H10BrCl2NO. The highest BCUT2D eigenvalue weighted by atomic mass is 79.9. The third-order valence-corrected chi connectivity index (χ3v) is 4.57. The molecule has 0 aliphatic rings. The van der Waals surface area contributed by atoms with E-state index in [1.165, 1.54) is 0 Å². The Balaban J connectivity index is 2.36. The van der Waals surface area contributed by atoms with Crippen molar-refractivity contribution in [3.63, 3.8) is 0 Å². The van der Waals surface area contributed by atoms with E-state index in [0.717, 1.165) is 28.5 Å². The molecule has 3 rings (SSSR count). The largest absolute Gasteiger partial charge is 0.302 e. The molecular weight excluding hydrogens is 385 g/mol. The van der Waals surface area contributed by atoms with Crippen LogP contribution in [0.4, 0.5) is 0 Å². The van der Waals surface area contributed by atoms with Crippen molar-refractivity contribution < 1.29 is 4.79 Å². The number of alkyl halides is 1. The smallest absolute Gasteiger partial charge is 0.138 e. The third kappa shape index (κ3) is 2.89. The molecule has 110 valence electrons. The molecule has 1 atom stereocenters. The van der Waals surface area contributed by atoms with Crippen LogP contribution in [0.1, 0.15) is 10.4 Å². The van der Waals surface area contributed by atoms with Crippen LogP contribution in [0.15, 0.2) is 48.5 Å². The van der Waals surface area contributed by atoms with Crippen molar-refractivity contribution >= 4 is 56.3 Å². The van der Waals surface area contributed by atoms with Gasteiger partial charge in [0.15, 0.2) is 0 Å². The van der Waals surface area contributed by atoms with Crippen molar-refractivity contribution in [2.45, 2.75) is 4.83 Å². The fraction of sp³-hybridized carbons (Fsp3) is 0.0588. The SMILES string of the molecule is O=CC(Br)c1cc(-c2ccccc2)nc2c(Cl)cc(Cl)cc12. The molecule has 0 aliphatic carbocycles. The zero-order chi connectivity index (χ0) is 15.7. The Kier molecular flexibility index (Phi) is 4.48. The van der Waals surface area contributed by atoms with Crippen LogP contribution in [-0.4, -0.2) is 11.3 Å². The van der Waals surface area contributed by atoms with Crippen LogP contribution in [0, 0.1) is 0 Å². The van der Waals surface area contributed by atoms with Crippen molar-refractivity contribution in [2.75, 3.05) is 0 Å². The maximum Gasteiger partial charge on any atom is 0.138 e. The Labute approximate surface area is 146 Å². The maximum absolute atomic E-state index is 11.2. The molecule has 1 aromatic heterocycles. The molecule has 3 aromatic rings. The lowest BCUT2D eigenvalue weighted by atomic mass is 10.0. The molecule has 0 bridgehead atoms. The second kappa shape index (κ2) is 6.37. The van der Waals surface area contributed by atoms with Crippen molar-refractivity contribution in [1.29, 1.82) is 0 Å². The first-order valence-electron chi connectivity index (χ1n) is 6.54. The predicted octanol–water partition coefficient (Wildman–Crippen LogP) is 5.84. The molecule has 0 aliphatic heterocycles. The van der Waals surface area contributed by atoms with E-state index in [-0.39, 0.29) is 0 Å². The first kappa shape index (κ1) is 15.5. The Hall–Kier alpha value is -1.42. The zero-order valence-corrected chi connectivity index (χ0v) is 14.4. The van der Waals surface area contributed by atoms with Gasteiger partial charge in [0.05, 0.1) is 21.1 Å². The summed E-state index contributed by atoms with van der Waals surface area (Å²) in [5.74, 6) is 0. The summed E-state index contributed by atoms with van der Waals surface area (Å²) in [6.07, 6.45) is 0.832. The first-order chi connectivity index (χ1) is 10.6. The van der Waals surface area contributed by atoms with Gasteiger partial charge in [-0.05, 0) is 23.8 Å². The summed E-state index contributed by atoms with van der Waals surface area (Å²) in [5, 5.41) is 1.75. The van der Waals surface area contributed by atoms with E-state index in [2.05, 4.69) is 20.9 Å². The number of rotatable bonds is 3. The molecule has 0 saturated carbocycles. The molecule has 0 N–H and O–H groups in total. The number of carbonyl (C=O) groups is 1. The van der Waals surface area contributed by atoms with Crippen LogP contribution in [0.5, 0.6) is 0 Å². The number of fused-ring (bicyclic) bond motifs is 1. The van der Waals surface area contributed by atoms with E-state index < -0.39 is 4.83 Å². The normalized spacial score (nSPS) is 12.3. The molecule has 2 aromatic carbocycles. The average molecular weight is 395 g/mol. The Morgan fingerprint density at radius 3 is 2.50 bits per heavy atom. The van der Waals surface area contributed by atoms with E-state index in [0.29, 0.717) is 15.6 Å². The number of aldehydes is 1. The summed E-state index contributed by atoms with van der Waals surface area (Å²) in [5.41, 5.74) is 3.15. The number of carbonyl (C=O) groups excluding carboxylic acids is 1. The summed E-state index contributed by atoms with van der Waals surface area (Å²) in [7, 11) is 0. The minimum Gasteiger partial charge on any atom is -0.302 e. The van der Waals surface area contributed by atoms with Gasteiger partial charge in [0.25, 0.3) is 0 Å². The highest BCUT2D eigenvalue weighted by Gasteiger charge is 2.16. The lowest BCUT2D eigenvalue weighted by Gasteiger charge is -2.12. The first-order valence-corrected chi connectivity index (χ1v) is 8.22. The molecule has 1 unspecified atom stereocenters. The lowest BCUT2D eigenvalue weighted by molar-refractivity contribution is -0.107. The van der Waals surface area contributed by atoms with E-state index in [1.807, 2.05) is 36.4 Å². The molecule has 0 radical (unpaired) electrons. The van der Waals surface area contributed by atoms with Gasteiger partial charge in [-0.2, -0.15) is 0 Å². The van der Waals surface area contributed by atoms with Crippen molar-refractivity contribution in [3.05, 3.63) is 64.1 Å². The van der Waals surface area contributed by atoms with Crippen LogP contribution in [-0.2, 0) is 4.79 Å². The van der Waals surface area contributed by atoms with Crippen molar-refractivity contribution in [2.24, 2.45) is 0 Å². The number of nitrogens with zero attached hydrogens (tertiary/aromatic N) is 1.